The van der Waals surface area contributed by atoms with Crippen molar-refractivity contribution in [2.24, 2.45) is 5.92 Å². The van der Waals surface area contributed by atoms with Crippen molar-refractivity contribution in [3.63, 3.8) is 0 Å². The third-order valence-electron chi connectivity index (χ3n) is 3.81. The summed E-state index contributed by atoms with van der Waals surface area (Å²) in [7, 11) is 1.56. The van der Waals surface area contributed by atoms with Crippen molar-refractivity contribution >= 4 is 11.9 Å². The number of amides is 1. The quantitative estimate of drug-likeness (QED) is 0.724. The fourth-order valence-electron chi connectivity index (χ4n) is 2.74. The van der Waals surface area contributed by atoms with E-state index in [2.05, 4.69) is 5.32 Å². The van der Waals surface area contributed by atoms with Crippen LogP contribution in [0.15, 0.2) is 0 Å². The molecule has 2 aliphatic heterocycles. The van der Waals surface area contributed by atoms with Crippen molar-refractivity contribution in [2.45, 2.75) is 31.4 Å². The first-order valence-electron chi connectivity index (χ1n) is 6.40. The molecule has 2 saturated heterocycles. The van der Waals surface area contributed by atoms with Crippen LogP contribution in [0.3, 0.4) is 0 Å². The number of carbonyl (C=O) groups excluding carboxylic acids is 1. The van der Waals surface area contributed by atoms with Gasteiger partial charge in [0.2, 0.25) is 5.91 Å². The van der Waals surface area contributed by atoms with E-state index in [0.29, 0.717) is 19.5 Å². The maximum absolute atomic E-state index is 12.3. The molecule has 0 saturated carbocycles. The molecule has 2 rings (SSSR count). The second kappa shape index (κ2) is 5.67. The van der Waals surface area contributed by atoms with Gasteiger partial charge in [0.25, 0.3) is 0 Å². The van der Waals surface area contributed by atoms with Crippen LogP contribution in [-0.4, -0.2) is 60.8 Å². The van der Waals surface area contributed by atoms with Gasteiger partial charge in [-0.2, -0.15) is 0 Å². The maximum atomic E-state index is 12.3. The molecule has 0 bridgehead atoms. The number of carboxylic acids is 1. The largest absolute Gasteiger partial charge is 0.480 e. The van der Waals surface area contributed by atoms with Crippen molar-refractivity contribution in [3.05, 3.63) is 0 Å². The minimum atomic E-state index is -0.938. The Balaban J connectivity index is 2.04. The summed E-state index contributed by atoms with van der Waals surface area (Å²) in [5.74, 6) is -1.07. The number of nitrogens with zero attached hydrogens (tertiary/aromatic N) is 1. The number of hydrogen-bond donors (Lipinski definition) is 2. The molecule has 18 heavy (non-hydrogen) atoms. The fourth-order valence-corrected chi connectivity index (χ4v) is 2.74. The molecule has 6 heteroatoms. The number of carbonyl (C=O) groups is 2. The molecule has 6 nitrogen and oxygen atoms in total. The number of methoxy groups -OCH3 is 1. The van der Waals surface area contributed by atoms with Gasteiger partial charge in [-0.15, -0.1) is 0 Å². The van der Waals surface area contributed by atoms with Crippen LogP contribution in [-0.2, 0) is 14.3 Å². The van der Waals surface area contributed by atoms with Crippen LogP contribution < -0.4 is 5.32 Å². The van der Waals surface area contributed by atoms with Crippen LogP contribution in [0.5, 0.6) is 0 Å². The monoisotopic (exact) mass is 256 g/mol. The van der Waals surface area contributed by atoms with E-state index < -0.39 is 12.0 Å². The van der Waals surface area contributed by atoms with Crippen molar-refractivity contribution in [1.29, 1.82) is 0 Å². The number of ether oxygens (including phenoxy) is 1. The van der Waals surface area contributed by atoms with Gasteiger partial charge < -0.3 is 20.1 Å². The zero-order chi connectivity index (χ0) is 13.1. The Morgan fingerprint density at radius 1 is 1.44 bits per heavy atom. The topological polar surface area (TPSA) is 78.9 Å². The van der Waals surface area contributed by atoms with Gasteiger partial charge in [-0.05, 0) is 19.4 Å². The van der Waals surface area contributed by atoms with E-state index in [4.69, 9.17) is 4.74 Å². The molecule has 2 N–H and O–H groups in total. The minimum Gasteiger partial charge on any atom is -0.480 e. The smallest absolute Gasteiger partial charge is 0.326 e. The maximum Gasteiger partial charge on any atom is 0.326 e. The predicted octanol–water partition coefficient (Wildman–Crippen LogP) is -0.313. The summed E-state index contributed by atoms with van der Waals surface area (Å²) < 4.78 is 5.19. The highest BCUT2D eigenvalue weighted by Crippen LogP contribution is 2.24. The standard InChI is InChI=1S/C12H20N2O4/c1-18-9-5-10(12(16)17)14(7-9)11(15)8-3-2-4-13-6-8/h8-10,13H,2-7H2,1H3,(H,16,17)/t8-,9?,10?/m1/s1. The molecule has 2 fully saturated rings. The average molecular weight is 256 g/mol. The van der Waals surface area contributed by atoms with E-state index >= 15 is 0 Å². The van der Waals surface area contributed by atoms with Crippen molar-refractivity contribution < 1.29 is 19.4 Å². The summed E-state index contributed by atoms with van der Waals surface area (Å²) in [5, 5.41) is 12.4. The second-order valence-corrected chi connectivity index (χ2v) is 4.98. The Bertz CT molecular complexity index is 328. The van der Waals surface area contributed by atoms with E-state index in [9.17, 15) is 14.7 Å². The molecular formula is C12H20N2O4. The van der Waals surface area contributed by atoms with Crippen LogP contribution in [0.2, 0.25) is 0 Å². The lowest BCUT2D eigenvalue weighted by atomic mass is 9.98. The highest BCUT2D eigenvalue weighted by Gasteiger charge is 2.41. The van der Waals surface area contributed by atoms with E-state index in [-0.39, 0.29) is 17.9 Å². The third-order valence-corrected chi connectivity index (χ3v) is 3.81. The van der Waals surface area contributed by atoms with Gasteiger partial charge in [-0.1, -0.05) is 0 Å². The normalized spacial score (nSPS) is 32.5. The molecule has 0 aromatic carbocycles. The van der Waals surface area contributed by atoms with Crippen LogP contribution >= 0.6 is 0 Å². The van der Waals surface area contributed by atoms with Crippen LogP contribution in [0, 0.1) is 5.92 Å². The SMILES string of the molecule is COC1CC(C(=O)O)N(C(=O)[C@@H]2CCCNC2)C1. The summed E-state index contributed by atoms with van der Waals surface area (Å²) in [6.45, 7) is 1.98. The zero-order valence-corrected chi connectivity index (χ0v) is 10.6. The van der Waals surface area contributed by atoms with Gasteiger partial charge in [-0.3, -0.25) is 4.79 Å². The lowest BCUT2D eigenvalue weighted by Gasteiger charge is -2.29. The van der Waals surface area contributed by atoms with Crippen molar-refractivity contribution in [1.82, 2.24) is 10.2 Å². The van der Waals surface area contributed by atoms with Crippen LogP contribution in [0.25, 0.3) is 0 Å². The number of aliphatic carboxylic acids is 1. The molecule has 3 atom stereocenters. The summed E-state index contributed by atoms with van der Waals surface area (Å²) >= 11 is 0. The van der Waals surface area contributed by atoms with Gasteiger partial charge in [0.05, 0.1) is 12.0 Å². The third kappa shape index (κ3) is 2.64. The first-order valence-corrected chi connectivity index (χ1v) is 6.40. The highest BCUT2D eigenvalue weighted by molar-refractivity contribution is 5.86. The zero-order valence-electron chi connectivity index (χ0n) is 10.6. The van der Waals surface area contributed by atoms with Gasteiger partial charge in [-0.25, -0.2) is 4.79 Å². The number of carboxylic acid groups (broad SMARTS) is 1. The highest BCUT2D eigenvalue weighted by atomic mass is 16.5. The molecule has 1 amide bonds. The van der Waals surface area contributed by atoms with E-state index in [0.717, 1.165) is 19.4 Å². The molecule has 2 aliphatic rings. The summed E-state index contributed by atoms with van der Waals surface area (Å²) in [4.78, 5) is 25.0. The molecule has 0 aliphatic carbocycles. The fraction of sp³-hybridized carbons (Fsp3) is 0.833. The lowest BCUT2D eigenvalue weighted by Crippen LogP contribution is -2.47. The number of hydrogen-bond acceptors (Lipinski definition) is 4. The van der Waals surface area contributed by atoms with Gasteiger partial charge in [0, 0.05) is 26.6 Å². The summed E-state index contributed by atoms with van der Waals surface area (Å²) in [6, 6.07) is -0.732. The Kier molecular flexibility index (Phi) is 4.19. The molecule has 102 valence electrons. The van der Waals surface area contributed by atoms with Gasteiger partial charge in [0.15, 0.2) is 0 Å². The minimum absolute atomic E-state index is 0.0471. The Hall–Kier alpha value is -1.14. The number of likely N-dealkylation sites (tertiary alicyclic amines) is 1. The average Bonchev–Trinajstić information content (AvgIpc) is 2.83. The first kappa shape index (κ1) is 13.3. The number of rotatable bonds is 3. The van der Waals surface area contributed by atoms with Gasteiger partial charge >= 0.3 is 5.97 Å². The van der Waals surface area contributed by atoms with E-state index in [1.807, 2.05) is 0 Å². The Labute approximate surface area is 106 Å². The Morgan fingerprint density at radius 2 is 2.22 bits per heavy atom. The lowest BCUT2D eigenvalue weighted by molar-refractivity contribution is -0.150. The summed E-state index contributed by atoms with van der Waals surface area (Å²) in [5.41, 5.74) is 0. The molecule has 0 aromatic rings. The second-order valence-electron chi connectivity index (χ2n) is 4.98. The van der Waals surface area contributed by atoms with Crippen molar-refractivity contribution in [3.8, 4) is 0 Å². The number of nitrogens with one attached hydrogen (secondary N) is 1. The van der Waals surface area contributed by atoms with Crippen LogP contribution in [0.4, 0.5) is 0 Å². The predicted molar refractivity (Wildman–Crippen MR) is 64.1 cm³/mol. The molecule has 0 spiro atoms. The van der Waals surface area contributed by atoms with Crippen molar-refractivity contribution in [2.75, 3.05) is 26.7 Å². The molecule has 0 radical (unpaired) electrons. The van der Waals surface area contributed by atoms with E-state index in [1.165, 1.54) is 4.90 Å². The van der Waals surface area contributed by atoms with E-state index in [1.54, 1.807) is 7.11 Å². The molecule has 2 unspecified atom stereocenters. The summed E-state index contributed by atoms with van der Waals surface area (Å²) in [6.07, 6.45) is 2.03. The van der Waals surface area contributed by atoms with Gasteiger partial charge in [0.1, 0.15) is 6.04 Å². The Morgan fingerprint density at radius 3 is 2.78 bits per heavy atom. The first-order chi connectivity index (χ1) is 8.63. The van der Waals surface area contributed by atoms with Crippen LogP contribution in [0.1, 0.15) is 19.3 Å². The molecule has 2 heterocycles. The molecular weight excluding hydrogens is 236 g/mol. The molecule has 0 aromatic heterocycles. The number of piperidine rings is 1.